The number of nitrogens with two attached hydrogens (primary N) is 1. The van der Waals surface area contributed by atoms with Gasteiger partial charge in [-0.05, 0) is 24.6 Å². The molecular formula is C16H19N3O. The molecule has 0 aliphatic rings. The molecule has 0 bridgehead atoms. The van der Waals surface area contributed by atoms with Crippen molar-refractivity contribution in [3.8, 4) is 0 Å². The van der Waals surface area contributed by atoms with Gasteiger partial charge in [0.25, 0.3) is 5.91 Å². The molecule has 20 heavy (non-hydrogen) atoms. The molecule has 0 aliphatic heterocycles. The first-order valence-electron chi connectivity index (χ1n) is 6.51. The molecule has 1 heterocycles. The van der Waals surface area contributed by atoms with Gasteiger partial charge in [-0.15, -0.1) is 6.58 Å². The highest BCUT2D eigenvalue weighted by Crippen LogP contribution is 2.15. The Kier molecular flexibility index (Phi) is 4.38. The van der Waals surface area contributed by atoms with Crippen molar-refractivity contribution in [1.82, 2.24) is 9.99 Å². The maximum atomic E-state index is 11.7. The smallest absolute Gasteiger partial charge is 0.281 e. The molecule has 104 valence electrons. The number of rotatable bonds is 5. The molecule has 0 radical (unpaired) electrons. The van der Waals surface area contributed by atoms with Gasteiger partial charge in [0.15, 0.2) is 0 Å². The molecule has 0 aliphatic carbocycles. The van der Waals surface area contributed by atoms with E-state index in [9.17, 15) is 4.79 Å². The summed E-state index contributed by atoms with van der Waals surface area (Å²) in [4.78, 5) is 11.7. The van der Waals surface area contributed by atoms with Crippen LogP contribution in [-0.4, -0.2) is 10.5 Å². The summed E-state index contributed by atoms with van der Waals surface area (Å²) in [6.07, 6.45) is 2.54. The lowest BCUT2D eigenvalue weighted by molar-refractivity contribution is 0.0944. The molecule has 1 aromatic carbocycles. The third kappa shape index (κ3) is 2.97. The molecule has 4 heteroatoms. The predicted molar refractivity (Wildman–Crippen MR) is 80.3 cm³/mol. The van der Waals surface area contributed by atoms with Crippen molar-refractivity contribution in [3.05, 3.63) is 71.6 Å². The minimum atomic E-state index is -0.290. The van der Waals surface area contributed by atoms with Crippen LogP contribution in [0.15, 0.2) is 49.1 Å². The third-order valence-corrected chi connectivity index (χ3v) is 3.25. The second-order valence-corrected chi connectivity index (χ2v) is 4.75. The number of amides is 1. The number of benzene rings is 1. The first-order chi connectivity index (χ1) is 9.65. The summed E-state index contributed by atoms with van der Waals surface area (Å²) >= 11 is 0. The van der Waals surface area contributed by atoms with Crippen LogP contribution in [0.5, 0.6) is 0 Å². The van der Waals surface area contributed by atoms with Crippen LogP contribution in [-0.2, 0) is 13.0 Å². The number of hydrazine groups is 1. The first kappa shape index (κ1) is 14.1. The number of nitrogen functional groups attached to an aromatic ring is 1. The van der Waals surface area contributed by atoms with E-state index in [0.29, 0.717) is 12.2 Å². The number of carbonyl (C=O) groups excluding carboxylic acids is 1. The minimum Gasteiger partial charge on any atom is -0.336 e. The average molecular weight is 269 g/mol. The molecule has 0 unspecified atom stereocenters. The topological polar surface area (TPSA) is 60.0 Å². The van der Waals surface area contributed by atoms with Crippen LogP contribution in [0.1, 0.15) is 27.3 Å². The number of aromatic nitrogens is 1. The Hall–Kier alpha value is -2.33. The number of nitrogens with one attached hydrogen (secondary N) is 1. The van der Waals surface area contributed by atoms with Crippen LogP contribution in [0.3, 0.4) is 0 Å². The summed E-state index contributed by atoms with van der Waals surface area (Å²) in [6.45, 7) is 6.38. The van der Waals surface area contributed by atoms with E-state index in [-0.39, 0.29) is 5.91 Å². The Morgan fingerprint density at radius 3 is 2.60 bits per heavy atom. The highest BCUT2D eigenvalue weighted by molar-refractivity contribution is 5.92. The summed E-state index contributed by atoms with van der Waals surface area (Å²) in [5.41, 5.74) is 6.23. The monoisotopic (exact) mass is 269 g/mol. The number of allylic oxidation sites excluding steroid dienone is 1. The highest BCUT2D eigenvalue weighted by atomic mass is 16.2. The van der Waals surface area contributed by atoms with Gasteiger partial charge in [0.2, 0.25) is 0 Å². The lowest BCUT2D eigenvalue weighted by Gasteiger charge is -2.11. The van der Waals surface area contributed by atoms with Crippen LogP contribution in [0.4, 0.5) is 0 Å². The van der Waals surface area contributed by atoms with Crippen molar-refractivity contribution in [2.45, 2.75) is 19.9 Å². The molecule has 0 atom stereocenters. The third-order valence-electron chi connectivity index (χ3n) is 3.25. The van der Waals surface area contributed by atoms with Gasteiger partial charge in [0.1, 0.15) is 5.69 Å². The molecule has 1 aromatic heterocycles. The molecule has 4 nitrogen and oxygen atoms in total. The molecule has 0 spiro atoms. The molecular weight excluding hydrogens is 250 g/mol. The van der Waals surface area contributed by atoms with Crippen molar-refractivity contribution >= 4 is 5.91 Å². The van der Waals surface area contributed by atoms with E-state index in [2.05, 4.69) is 43.2 Å². The largest absolute Gasteiger partial charge is 0.336 e. The zero-order valence-electron chi connectivity index (χ0n) is 11.6. The Labute approximate surface area is 118 Å². The SMILES string of the molecule is C=CCn1c(Cc2ccc(C)cc2)ccc1C(=O)NN. The summed E-state index contributed by atoms with van der Waals surface area (Å²) < 4.78 is 1.93. The lowest BCUT2D eigenvalue weighted by atomic mass is 10.1. The van der Waals surface area contributed by atoms with Crippen LogP contribution in [0.2, 0.25) is 0 Å². The standard InChI is InChI=1S/C16H19N3O/c1-3-10-19-14(8-9-15(19)16(20)18-17)11-13-6-4-12(2)5-7-13/h3-9H,1,10-11,17H2,2H3,(H,18,20). The van der Waals surface area contributed by atoms with Crippen LogP contribution in [0, 0.1) is 6.92 Å². The molecule has 0 saturated carbocycles. The van der Waals surface area contributed by atoms with Crippen molar-refractivity contribution in [2.24, 2.45) is 5.84 Å². The van der Waals surface area contributed by atoms with E-state index in [4.69, 9.17) is 5.84 Å². The van der Waals surface area contributed by atoms with E-state index in [1.54, 1.807) is 12.1 Å². The van der Waals surface area contributed by atoms with E-state index < -0.39 is 0 Å². The van der Waals surface area contributed by atoms with Gasteiger partial charge in [-0.3, -0.25) is 10.2 Å². The Balaban J connectivity index is 2.31. The summed E-state index contributed by atoms with van der Waals surface area (Å²) in [6, 6.07) is 12.1. The van der Waals surface area contributed by atoms with Gasteiger partial charge in [0, 0.05) is 18.7 Å². The molecule has 0 fully saturated rings. The van der Waals surface area contributed by atoms with Crippen LogP contribution < -0.4 is 11.3 Å². The van der Waals surface area contributed by atoms with E-state index in [0.717, 1.165) is 12.1 Å². The fourth-order valence-electron chi connectivity index (χ4n) is 2.20. The molecule has 2 rings (SSSR count). The summed E-state index contributed by atoms with van der Waals surface area (Å²) in [5, 5.41) is 0. The van der Waals surface area contributed by atoms with E-state index in [1.165, 1.54) is 11.1 Å². The van der Waals surface area contributed by atoms with Crippen LogP contribution >= 0.6 is 0 Å². The number of hydrogen-bond acceptors (Lipinski definition) is 2. The van der Waals surface area contributed by atoms with Gasteiger partial charge in [-0.1, -0.05) is 35.9 Å². The fourth-order valence-corrected chi connectivity index (χ4v) is 2.20. The minimum absolute atomic E-state index is 0.290. The normalized spacial score (nSPS) is 10.3. The van der Waals surface area contributed by atoms with Crippen LogP contribution in [0.25, 0.3) is 0 Å². The molecule has 1 amide bonds. The summed E-state index contributed by atoms with van der Waals surface area (Å²) in [7, 11) is 0. The fraction of sp³-hybridized carbons (Fsp3) is 0.188. The number of carbonyl (C=O) groups is 1. The number of aryl methyl sites for hydroxylation is 1. The lowest BCUT2D eigenvalue weighted by Crippen LogP contribution is -2.32. The Morgan fingerprint density at radius 2 is 2.00 bits per heavy atom. The zero-order valence-corrected chi connectivity index (χ0v) is 11.6. The van der Waals surface area contributed by atoms with Crippen molar-refractivity contribution < 1.29 is 4.79 Å². The maximum absolute atomic E-state index is 11.7. The molecule has 2 aromatic rings. The maximum Gasteiger partial charge on any atom is 0.281 e. The van der Waals surface area contributed by atoms with Crippen molar-refractivity contribution in [2.75, 3.05) is 0 Å². The van der Waals surface area contributed by atoms with Gasteiger partial charge >= 0.3 is 0 Å². The summed E-state index contributed by atoms with van der Waals surface area (Å²) in [5.74, 6) is 4.92. The second kappa shape index (κ2) is 6.21. The van der Waals surface area contributed by atoms with Gasteiger partial charge in [-0.25, -0.2) is 5.84 Å². The Morgan fingerprint density at radius 1 is 1.30 bits per heavy atom. The molecule has 0 saturated heterocycles. The zero-order chi connectivity index (χ0) is 14.5. The first-order valence-corrected chi connectivity index (χ1v) is 6.51. The van der Waals surface area contributed by atoms with Crippen molar-refractivity contribution in [1.29, 1.82) is 0 Å². The Bertz CT molecular complexity index is 611. The van der Waals surface area contributed by atoms with E-state index >= 15 is 0 Å². The van der Waals surface area contributed by atoms with Gasteiger partial charge < -0.3 is 4.57 Å². The van der Waals surface area contributed by atoms with Gasteiger partial charge in [-0.2, -0.15) is 0 Å². The van der Waals surface area contributed by atoms with Crippen molar-refractivity contribution in [3.63, 3.8) is 0 Å². The average Bonchev–Trinajstić information content (AvgIpc) is 2.84. The quantitative estimate of drug-likeness (QED) is 0.378. The second-order valence-electron chi connectivity index (χ2n) is 4.75. The van der Waals surface area contributed by atoms with E-state index in [1.807, 2.05) is 10.6 Å². The highest BCUT2D eigenvalue weighted by Gasteiger charge is 2.13. The predicted octanol–water partition coefficient (Wildman–Crippen LogP) is 2.18. The number of hydrogen-bond donors (Lipinski definition) is 2. The molecule has 3 N–H and O–H groups in total. The number of nitrogens with zero attached hydrogens (tertiary/aromatic N) is 1. The van der Waals surface area contributed by atoms with Gasteiger partial charge in [0.05, 0.1) is 0 Å².